The first-order chi connectivity index (χ1) is 11.5. The molecule has 136 valence electrons. The minimum Gasteiger partial charge on any atom is -0.383 e. The number of allylic oxidation sites excluding steroid dienone is 3. The Morgan fingerprint density at radius 2 is 2.04 bits per heavy atom. The van der Waals surface area contributed by atoms with Crippen molar-refractivity contribution in [3.8, 4) is 0 Å². The fourth-order valence-electron chi connectivity index (χ4n) is 2.32. The third-order valence-corrected chi connectivity index (χ3v) is 4.55. The van der Waals surface area contributed by atoms with Gasteiger partial charge in [-0.05, 0) is 26.5 Å². The number of nitrogens with zero attached hydrogens (tertiary/aromatic N) is 2. The van der Waals surface area contributed by atoms with Crippen molar-refractivity contribution in [2.45, 2.75) is 26.6 Å². The summed E-state index contributed by atoms with van der Waals surface area (Å²) in [4.78, 5) is 0. The van der Waals surface area contributed by atoms with Crippen LogP contribution in [-0.4, -0.2) is 50.4 Å². The van der Waals surface area contributed by atoms with Crippen LogP contribution >= 0.6 is 27.7 Å². The van der Waals surface area contributed by atoms with E-state index in [9.17, 15) is 0 Å². The van der Waals surface area contributed by atoms with Crippen LogP contribution in [0.15, 0.2) is 32.9 Å². The number of rotatable bonds is 9. The summed E-state index contributed by atoms with van der Waals surface area (Å²) in [7, 11) is 1.66. The number of ether oxygens (including phenoxy) is 3. The number of amidine groups is 1. The Bertz CT molecular complexity index is 517. The average molecular weight is 420 g/mol. The number of thioether (sulfide) groups is 1. The lowest BCUT2D eigenvalue weighted by molar-refractivity contribution is -0.0952. The first kappa shape index (κ1) is 21.4. The van der Waals surface area contributed by atoms with E-state index in [1.54, 1.807) is 7.11 Å². The second kappa shape index (κ2) is 11.0. The number of methoxy groups -OCH3 is 1. The quantitative estimate of drug-likeness (QED) is 0.268. The number of hydrogen-bond donors (Lipinski definition) is 1. The van der Waals surface area contributed by atoms with Gasteiger partial charge in [0, 0.05) is 24.8 Å². The van der Waals surface area contributed by atoms with E-state index in [1.807, 2.05) is 26.2 Å². The monoisotopic (exact) mass is 419 g/mol. The summed E-state index contributed by atoms with van der Waals surface area (Å²) < 4.78 is 18.0. The summed E-state index contributed by atoms with van der Waals surface area (Å²) >= 11 is 4.83. The second-order valence-electron chi connectivity index (χ2n) is 5.09. The fraction of sp³-hybridized carbons (Fsp3) is 0.625. The molecule has 0 aliphatic heterocycles. The Kier molecular flexibility index (Phi) is 9.84. The van der Waals surface area contributed by atoms with Crippen LogP contribution in [0.1, 0.15) is 20.3 Å². The van der Waals surface area contributed by atoms with Gasteiger partial charge in [0.1, 0.15) is 5.71 Å². The highest BCUT2D eigenvalue weighted by Crippen LogP contribution is 2.36. The van der Waals surface area contributed by atoms with Gasteiger partial charge in [0.25, 0.3) is 0 Å². The molecule has 8 heteroatoms. The lowest BCUT2D eigenvalue weighted by Crippen LogP contribution is -2.44. The maximum atomic E-state index is 5.79. The molecular formula is C16H26BrN3O3S. The maximum Gasteiger partial charge on any atom is 0.199 e. The molecule has 1 aliphatic carbocycles. The van der Waals surface area contributed by atoms with Crippen LogP contribution in [0, 0.1) is 5.41 Å². The van der Waals surface area contributed by atoms with Crippen LogP contribution in [0.5, 0.6) is 0 Å². The molecule has 2 N–H and O–H groups in total. The van der Waals surface area contributed by atoms with Gasteiger partial charge in [-0.2, -0.15) is 5.10 Å². The van der Waals surface area contributed by atoms with Crippen LogP contribution in [0.2, 0.25) is 0 Å². The van der Waals surface area contributed by atoms with Gasteiger partial charge in [0.15, 0.2) is 11.5 Å². The van der Waals surface area contributed by atoms with Gasteiger partial charge in [-0.15, -0.1) is 5.10 Å². The minimum atomic E-state index is -0.608. The van der Waals surface area contributed by atoms with Crippen LogP contribution < -0.4 is 5.73 Å². The molecule has 0 bridgehead atoms. The van der Waals surface area contributed by atoms with Gasteiger partial charge in [0.05, 0.1) is 12.0 Å². The zero-order valence-electron chi connectivity index (χ0n) is 14.6. The summed E-state index contributed by atoms with van der Waals surface area (Å²) in [5, 5.41) is 8.90. The summed E-state index contributed by atoms with van der Waals surface area (Å²) in [5.74, 6) is 0. The molecule has 0 saturated heterocycles. The van der Waals surface area contributed by atoms with Crippen molar-refractivity contribution in [1.82, 2.24) is 0 Å². The molecule has 0 saturated carbocycles. The Balaban J connectivity index is 3.33. The maximum absolute atomic E-state index is 5.79. The molecule has 0 spiro atoms. The molecular weight excluding hydrogens is 394 g/mol. The molecule has 1 rings (SSSR count). The first-order valence-electron chi connectivity index (χ1n) is 7.75. The molecule has 1 aliphatic rings. The van der Waals surface area contributed by atoms with Gasteiger partial charge in [-0.25, -0.2) is 0 Å². The SMILES string of the molecule is CCOC(OCC)/C(=N/N=C(/N)SC)[C@]1(COC)C=CC(Br)=CC1. The predicted molar refractivity (Wildman–Crippen MR) is 105 cm³/mol. The Hall–Kier alpha value is -0.670. The molecule has 0 aromatic heterocycles. The van der Waals surface area contributed by atoms with Gasteiger partial charge in [0.2, 0.25) is 0 Å². The lowest BCUT2D eigenvalue weighted by atomic mass is 9.77. The number of halogens is 1. The zero-order chi connectivity index (χ0) is 18.0. The molecule has 0 radical (unpaired) electrons. The van der Waals surface area contributed by atoms with Crippen LogP contribution in [0.4, 0.5) is 0 Å². The zero-order valence-corrected chi connectivity index (χ0v) is 17.0. The van der Waals surface area contributed by atoms with E-state index in [1.165, 1.54) is 11.8 Å². The largest absolute Gasteiger partial charge is 0.383 e. The molecule has 0 fully saturated rings. The van der Waals surface area contributed by atoms with Crippen molar-refractivity contribution in [2.75, 3.05) is 33.2 Å². The van der Waals surface area contributed by atoms with E-state index < -0.39 is 11.7 Å². The molecule has 0 aromatic rings. The predicted octanol–water partition coefficient (Wildman–Crippen LogP) is 3.29. The van der Waals surface area contributed by atoms with E-state index in [-0.39, 0.29) is 0 Å². The van der Waals surface area contributed by atoms with Gasteiger partial charge >= 0.3 is 0 Å². The number of hydrogen-bond acceptors (Lipinski definition) is 6. The van der Waals surface area contributed by atoms with Crippen LogP contribution in [-0.2, 0) is 14.2 Å². The fourth-order valence-corrected chi connectivity index (χ4v) is 2.73. The third-order valence-electron chi connectivity index (χ3n) is 3.46. The van der Waals surface area contributed by atoms with Gasteiger partial charge in [-0.1, -0.05) is 45.9 Å². The van der Waals surface area contributed by atoms with E-state index in [0.29, 0.717) is 37.1 Å². The van der Waals surface area contributed by atoms with E-state index in [0.717, 1.165) is 4.48 Å². The van der Waals surface area contributed by atoms with E-state index in [4.69, 9.17) is 19.9 Å². The lowest BCUT2D eigenvalue weighted by Gasteiger charge is -2.35. The summed E-state index contributed by atoms with van der Waals surface area (Å²) in [6, 6.07) is 0. The Morgan fingerprint density at radius 1 is 1.38 bits per heavy atom. The molecule has 0 aromatic carbocycles. The van der Waals surface area contributed by atoms with Crippen molar-refractivity contribution in [3.05, 3.63) is 22.7 Å². The van der Waals surface area contributed by atoms with E-state index in [2.05, 4.69) is 38.3 Å². The van der Waals surface area contributed by atoms with Crippen molar-refractivity contribution >= 4 is 38.6 Å². The molecule has 6 nitrogen and oxygen atoms in total. The summed E-state index contributed by atoms with van der Waals surface area (Å²) in [6.07, 6.45) is 8.04. The van der Waals surface area contributed by atoms with Gasteiger partial charge in [-0.3, -0.25) is 0 Å². The normalized spacial score (nSPS) is 22.2. The smallest absolute Gasteiger partial charge is 0.199 e. The summed E-state index contributed by atoms with van der Waals surface area (Å²) in [6.45, 7) is 5.26. The topological polar surface area (TPSA) is 78.4 Å². The van der Waals surface area contributed by atoms with Crippen molar-refractivity contribution < 1.29 is 14.2 Å². The van der Waals surface area contributed by atoms with Crippen molar-refractivity contribution in [1.29, 1.82) is 0 Å². The molecule has 0 heterocycles. The van der Waals surface area contributed by atoms with Crippen LogP contribution in [0.3, 0.4) is 0 Å². The van der Waals surface area contributed by atoms with Crippen molar-refractivity contribution in [3.63, 3.8) is 0 Å². The van der Waals surface area contributed by atoms with Crippen LogP contribution in [0.25, 0.3) is 0 Å². The molecule has 0 amide bonds. The van der Waals surface area contributed by atoms with Crippen molar-refractivity contribution in [2.24, 2.45) is 21.4 Å². The van der Waals surface area contributed by atoms with E-state index >= 15 is 0 Å². The summed E-state index contributed by atoms with van der Waals surface area (Å²) in [5.41, 5.74) is 5.95. The molecule has 24 heavy (non-hydrogen) atoms. The number of nitrogens with two attached hydrogens (primary N) is 1. The highest BCUT2D eigenvalue weighted by molar-refractivity contribution is 9.11. The molecule has 1 atom stereocenters. The Morgan fingerprint density at radius 3 is 2.50 bits per heavy atom. The standard InChI is InChI=1S/C16H26BrN3O3S/c1-5-22-14(23-6-2)13(19-20-15(18)24-4)16(11-21-3)9-7-12(17)8-10-16/h7-9,14H,5-6,10-11H2,1-4H3,(H2,18,20)/b19-13-/t16-/m1/s1. The average Bonchev–Trinajstić information content (AvgIpc) is 2.58. The minimum absolute atomic E-state index is 0.378. The highest BCUT2D eigenvalue weighted by atomic mass is 79.9. The first-order valence-corrected chi connectivity index (χ1v) is 9.77. The third kappa shape index (κ3) is 6.00. The van der Waals surface area contributed by atoms with Gasteiger partial charge < -0.3 is 19.9 Å². The Labute approximate surface area is 156 Å². The second-order valence-corrected chi connectivity index (χ2v) is 6.83. The molecule has 0 unspecified atom stereocenters. The highest BCUT2D eigenvalue weighted by Gasteiger charge is 2.40.